The summed E-state index contributed by atoms with van der Waals surface area (Å²) in [6.07, 6.45) is 6.48. The van der Waals surface area contributed by atoms with Crippen molar-refractivity contribution < 1.29 is 27.8 Å². The minimum atomic E-state index is -3.85. The van der Waals surface area contributed by atoms with Gasteiger partial charge in [0, 0.05) is 13.0 Å². The SMILES string of the molecule is O=C(O)CCC/C=C\CC1CCN(S(=O)(=O)c2ccc(F)cc2)C1c1cccc(O)c1.[NaH]. The standard InChI is InChI=1S/C23H26FNO5S.Na.H/c24-19-10-12-21(13-11-19)31(29,30)25-15-14-17(6-3-1-2-4-9-22(27)28)23(25)18-7-5-8-20(26)16-18;;/h1,3,5,7-8,10-13,16-17,23,26H,2,4,6,9,14-15H2,(H,27,28);;/b3-1-;;. The number of nitrogens with zero attached hydrogens (tertiary/aromatic N) is 1. The fraction of sp³-hybridized carbons (Fsp3) is 0.348. The second-order valence-corrected chi connectivity index (χ2v) is 9.54. The Morgan fingerprint density at radius 2 is 1.88 bits per heavy atom. The van der Waals surface area contributed by atoms with E-state index in [1.54, 1.807) is 18.2 Å². The number of carbonyl (C=O) groups is 1. The number of allylic oxidation sites excluding steroid dienone is 2. The number of aromatic hydroxyl groups is 1. The van der Waals surface area contributed by atoms with Crippen LogP contribution in [0.3, 0.4) is 0 Å². The Labute approximate surface area is 210 Å². The van der Waals surface area contributed by atoms with Crippen molar-refractivity contribution in [2.45, 2.75) is 43.0 Å². The molecular formula is C23H27FNNaO5S. The van der Waals surface area contributed by atoms with E-state index in [-0.39, 0.29) is 52.5 Å². The average Bonchev–Trinajstić information content (AvgIpc) is 3.15. The third-order valence-corrected chi connectivity index (χ3v) is 7.37. The molecule has 0 radical (unpaired) electrons. The zero-order valence-electron chi connectivity index (χ0n) is 17.0. The molecule has 2 aromatic carbocycles. The molecule has 32 heavy (non-hydrogen) atoms. The number of carboxylic acid groups (broad SMARTS) is 1. The number of carboxylic acids is 1. The third kappa shape index (κ3) is 6.65. The summed E-state index contributed by atoms with van der Waals surface area (Å²) in [6, 6.07) is 10.9. The molecule has 1 saturated heterocycles. The minimum absolute atomic E-state index is 0. The Kier molecular flexibility index (Phi) is 9.91. The summed E-state index contributed by atoms with van der Waals surface area (Å²) >= 11 is 0. The first-order valence-corrected chi connectivity index (χ1v) is 11.7. The Hall–Kier alpha value is -1.71. The Morgan fingerprint density at radius 3 is 2.53 bits per heavy atom. The first kappa shape index (κ1) is 26.5. The van der Waals surface area contributed by atoms with E-state index >= 15 is 0 Å². The Bertz CT molecular complexity index is 1040. The van der Waals surface area contributed by atoms with Crippen LogP contribution in [0.4, 0.5) is 4.39 Å². The number of halogens is 1. The van der Waals surface area contributed by atoms with E-state index < -0.39 is 27.9 Å². The van der Waals surface area contributed by atoms with Gasteiger partial charge >= 0.3 is 35.5 Å². The molecular weight excluding hydrogens is 444 g/mol. The van der Waals surface area contributed by atoms with Gasteiger partial charge in [-0.1, -0.05) is 24.3 Å². The third-order valence-electron chi connectivity index (χ3n) is 5.48. The van der Waals surface area contributed by atoms with Gasteiger partial charge in [-0.05, 0) is 73.6 Å². The number of hydrogen-bond acceptors (Lipinski definition) is 4. The van der Waals surface area contributed by atoms with Crippen LogP contribution >= 0.6 is 0 Å². The van der Waals surface area contributed by atoms with E-state index in [2.05, 4.69) is 0 Å². The first-order valence-electron chi connectivity index (χ1n) is 10.2. The van der Waals surface area contributed by atoms with Crippen LogP contribution in [0.15, 0.2) is 65.6 Å². The summed E-state index contributed by atoms with van der Waals surface area (Å²) in [4.78, 5) is 10.6. The van der Waals surface area contributed by atoms with Crippen LogP contribution in [0.5, 0.6) is 5.75 Å². The van der Waals surface area contributed by atoms with Crippen molar-refractivity contribution >= 4 is 45.5 Å². The summed E-state index contributed by atoms with van der Waals surface area (Å²) in [6.45, 7) is 0.317. The second kappa shape index (κ2) is 12.0. The predicted octanol–water partition coefficient (Wildman–Crippen LogP) is 3.84. The van der Waals surface area contributed by atoms with Gasteiger partial charge in [0.1, 0.15) is 11.6 Å². The van der Waals surface area contributed by atoms with Crippen LogP contribution in [0.2, 0.25) is 0 Å². The molecule has 2 atom stereocenters. The van der Waals surface area contributed by atoms with Crippen LogP contribution < -0.4 is 0 Å². The zero-order valence-corrected chi connectivity index (χ0v) is 17.8. The maximum absolute atomic E-state index is 13.3. The van der Waals surface area contributed by atoms with E-state index in [9.17, 15) is 22.7 Å². The fourth-order valence-electron chi connectivity index (χ4n) is 3.99. The second-order valence-electron chi connectivity index (χ2n) is 7.65. The van der Waals surface area contributed by atoms with Gasteiger partial charge in [0.25, 0.3) is 0 Å². The molecule has 1 aliphatic heterocycles. The van der Waals surface area contributed by atoms with Gasteiger partial charge in [-0.25, -0.2) is 12.8 Å². The van der Waals surface area contributed by atoms with Crippen molar-refractivity contribution in [1.29, 1.82) is 0 Å². The van der Waals surface area contributed by atoms with Crippen LogP contribution in [0, 0.1) is 11.7 Å². The van der Waals surface area contributed by atoms with Crippen molar-refractivity contribution in [3.05, 3.63) is 72.1 Å². The fourth-order valence-corrected chi connectivity index (χ4v) is 5.68. The van der Waals surface area contributed by atoms with Crippen LogP contribution in [0.1, 0.15) is 43.7 Å². The molecule has 2 N–H and O–H groups in total. The summed E-state index contributed by atoms with van der Waals surface area (Å²) in [5.74, 6) is -1.27. The number of sulfonamides is 1. The number of phenolic OH excluding ortho intramolecular Hbond substituents is 1. The molecule has 0 saturated carbocycles. The van der Waals surface area contributed by atoms with E-state index in [0.29, 0.717) is 37.8 Å². The quantitative estimate of drug-likeness (QED) is 0.329. The molecule has 0 bridgehead atoms. The maximum atomic E-state index is 13.3. The van der Waals surface area contributed by atoms with E-state index in [4.69, 9.17) is 5.11 Å². The molecule has 1 fully saturated rings. The number of aliphatic carboxylic acids is 1. The number of phenols is 1. The molecule has 3 rings (SSSR count). The summed E-state index contributed by atoms with van der Waals surface area (Å²) < 4.78 is 41.3. The molecule has 2 unspecified atom stereocenters. The molecule has 0 spiro atoms. The molecule has 0 aromatic heterocycles. The predicted molar refractivity (Wildman–Crippen MR) is 122 cm³/mol. The van der Waals surface area contributed by atoms with Crippen molar-refractivity contribution in [3.63, 3.8) is 0 Å². The van der Waals surface area contributed by atoms with Gasteiger partial charge in [0.05, 0.1) is 10.9 Å². The van der Waals surface area contributed by atoms with Crippen LogP contribution in [0.25, 0.3) is 0 Å². The molecule has 6 nitrogen and oxygen atoms in total. The van der Waals surface area contributed by atoms with Gasteiger partial charge < -0.3 is 10.2 Å². The monoisotopic (exact) mass is 471 g/mol. The molecule has 1 heterocycles. The van der Waals surface area contributed by atoms with E-state index in [0.717, 1.165) is 12.1 Å². The molecule has 168 valence electrons. The first-order chi connectivity index (χ1) is 14.8. The number of hydrogen-bond donors (Lipinski definition) is 2. The van der Waals surface area contributed by atoms with Crippen LogP contribution in [-0.2, 0) is 14.8 Å². The van der Waals surface area contributed by atoms with Crippen molar-refractivity contribution in [2.24, 2.45) is 5.92 Å². The molecule has 2 aromatic rings. The van der Waals surface area contributed by atoms with Crippen molar-refractivity contribution in [3.8, 4) is 5.75 Å². The van der Waals surface area contributed by atoms with Gasteiger partial charge in [-0.3, -0.25) is 4.79 Å². The Morgan fingerprint density at radius 1 is 1.16 bits per heavy atom. The molecule has 1 aliphatic rings. The number of benzene rings is 2. The zero-order chi connectivity index (χ0) is 22.4. The van der Waals surface area contributed by atoms with Gasteiger partial charge in [-0.2, -0.15) is 4.31 Å². The molecule has 9 heteroatoms. The average molecular weight is 472 g/mol. The number of rotatable bonds is 9. The van der Waals surface area contributed by atoms with E-state index in [1.807, 2.05) is 12.2 Å². The van der Waals surface area contributed by atoms with Crippen molar-refractivity contribution in [1.82, 2.24) is 4.31 Å². The van der Waals surface area contributed by atoms with Crippen molar-refractivity contribution in [2.75, 3.05) is 6.54 Å². The van der Waals surface area contributed by atoms with Gasteiger partial charge in [0.15, 0.2) is 0 Å². The topological polar surface area (TPSA) is 94.9 Å². The van der Waals surface area contributed by atoms with Gasteiger partial charge in [0.2, 0.25) is 10.0 Å². The summed E-state index contributed by atoms with van der Waals surface area (Å²) in [7, 11) is -3.85. The summed E-state index contributed by atoms with van der Waals surface area (Å²) in [5, 5.41) is 18.7. The number of unbranched alkanes of at least 4 members (excludes halogenated alkanes) is 1. The van der Waals surface area contributed by atoms with E-state index in [1.165, 1.54) is 22.5 Å². The van der Waals surface area contributed by atoms with Gasteiger partial charge in [-0.15, -0.1) is 0 Å². The summed E-state index contributed by atoms with van der Waals surface area (Å²) in [5.41, 5.74) is 0.701. The molecule has 0 aliphatic carbocycles. The normalized spacial score (nSPS) is 19.2. The molecule has 0 amide bonds. The van der Waals surface area contributed by atoms with Crippen LogP contribution in [-0.4, -0.2) is 65.0 Å². The Balaban J connectivity index is 0.00000363.